The Labute approximate surface area is 197 Å². The van der Waals surface area contributed by atoms with E-state index in [9.17, 15) is 14.0 Å². The monoisotopic (exact) mass is 463 g/mol. The van der Waals surface area contributed by atoms with Crippen molar-refractivity contribution in [2.45, 2.75) is 31.9 Å². The summed E-state index contributed by atoms with van der Waals surface area (Å²) in [6.45, 7) is 2.75. The van der Waals surface area contributed by atoms with Gasteiger partial charge in [0.1, 0.15) is 6.61 Å². The maximum Gasteiger partial charge on any atom is 0.338 e. The number of aromatic nitrogens is 1. The highest BCUT2D eigenvalue weighted by Crippen LogP contribution is 2.30. The predicted molar refractivity (Wildman–Crippen MR) is 126 cm³/mol. The topological polar surface area (TPSA) is 104 Å². The lowest BCUT2D eigenvalue weighted by Gasteiger charge is -2.16. The van der Waals surface area contributed by atoms with E-state index in [-0.39, 0.29) is 24.4 Å². The van der Waals surface area contributed by atoms with E-state index >= 15 is 0 Å². The van der Waals surface area contributed by atoms with Crippen LogP contribution in [0, 0.1) is 5.82 Å². The van der Waals surface area contributed by atoms with E-state index in [2.05, 4.69) is 10.3 Å². The Morgan fingerprint density at radius 1 is 1.24 bits per heavy atom. The van der Waals surface area contributed by atoms with Crippen LogP contribution in [0.25, 0.3) is 11.1 Å². The number of ether oxygens (including phenoxy) is 2. The number of halogens is 1. The van der Waals surface area contributed by atoms with Crippen molar-refractivity contribution in [1.29, 1.82) is 0 Å². The van der Waals surface area contributed by atoms with Gasteiger partial charge in [-0.2, -0.15) is 0 Å². The lowest BCUT2D eigenvalue weighted by Crippen LogP contribution is -2.18. The number of carbonyl (C=O) groups excluding carboxylic acids is 2. The molecule has 176 valence electrons. The Hall–Kier alpha value is -3.62. The molecule has 0 aliphatic carbocycles. The summed E-state index contributed by atoms with van der Waals surface area (Å²) in [5.74, 6) is -1.55. The van der Waals surface area contributed by atoms with Crippen molar-refractivity contribution in [2.75, 3.05) is 18.5 Å². The van der Waals surface area contributed by atoms with Crippen LogP contribution in [0.15, 0.2) is 60.9 Å². The van der Waals surface area contributed by atoms with Crippen molar-refractivity contribution in [1.82, 2.24) is 4.98 Å². The van der Waals surface area contributed by atoms with Gasteiger partial charge in [-0.05, 0) is 66.8 Å². The number of anilines is 1. The number of benzene rings is 2. The first-order chi connectivity index (χ1) is 16.4. The summed E-state index contributed by atoms with van der Waals surface area (Å²) in [4.78, 5) is 29.1. The van der Waals surface area contributed by atoms with Gasteiger partial charge in [-0.25, -0.2) is 9.18 Å². The zero-order valence-corrected chi connectivity index (χ0v) is 18.8. The van der Waals surface area contributed by atoms with Crippen LogP contribution in [0.3, 0.4) is 0 Å². The molecule has 1 amide bonds. The molecule has 0 spiro atoms. The SMILES string of the molecule is CC(N)c1ccc(C(=O)Nc2ccncc2F)cc1-c1cccc(C(=O)OCC2CCCO2)c1. The molecule has 2 atom stereocenters. The number of carbonyl (C=O) groups is 2. The highest BCUT2D eigenvalue weighted by atomic mass is 19.1. The van der Waals surface area contributed by atoms with Crippen molar-refractivity contribution >= 4 is 17.6 Å². The number of pyridine rings is 1. The molecule has 0 saturated carbocycles. The molecule has 1 fully saturated rings. The zero-order valence-electron chi connectivity index (χ0n) is 18.8. The molecule has 0 bridgehead atoms. The predicted octanol–water partition coefficient (Wildman–Crippen LogP) is 4.50. The van der Waals surface area contributed by atoms with Gasteiger partial charge in [0.2, 0.25) is 0 Å². The molecule has 4 rings (SSSR count). The van der Waals surface area contributed by atoms with Gasteiger partial charge in [0, 0.05) is 24.4 Å². The molecule has 34 heavy (non-hydrogen) atoms. The normalized spacial score (nSPS) is 16.1. The molecule has 1 aliphatic rings. The smallest absolute Gasteiger partial charge is 0.338 e. The largest absolute Gasteiger partial charge is 0.459 e. The van der Waals surface area contributed by atoms with Crippen LogP contribution in [0.5, 0.6) is 0 Å². The summed E-state index contributed by atoms with van der Waals surface area (Å²) < 4.78 is 24.8. The number of nitrogens with two attached hydrogens (primary N) is 1. The molecule has 2 heterocycles. The van der Waals surface area contributed by atoms with E-state index < -0.39 is 17.7 Å². The molecule has 2 unspecified atom stereocenters. The van der Waals surface area contributed by atoms with Gasteiger partial charge in [-0.3, -0.25) is 9.78 Å². The molecule has 7 nitrogen and oxygen atoms in total. The Bertz CT molecular complexity index is 1190. The zero-order chi connectivity index (χ0) is 24.1. The molecule has 8 heteroatoms. The van der Waals surface area contributed by atoms with Crippen molar-refractivity contribution in [3.8, 4) is 11.1 Å². The third kappa shape index (κ3) is 5.47. The minimum absolute atomic E-state index is 0.0359. The molecular formula is C26H26FN3O4. The Balaban J connectivity index is 1.59. The Kier molecular flexibility index (Phi) is 7.30. The summed E-state index contributed by atoms with van der Waals surface area (Å²) in [6.07, 6.45) is 4.21. The third-order valence-electron chi connectivity index (χ3n) is 5.66. The highest BCUT2D eigenvalue weighted by Gasteiger charge is 2.19. The number of amides is 1. The molecule has 1 aliphatic heterocycles. The average Bonchev–Trinajstić information content (AvgIpc) is 3.37. The minimum atomic E-state index is -0.627. The van der Waals surface area contributed by atoms with E-state index in [0.29, 0.717) is 28.9 Å². The maximum atomic E-state index is 13.9. The number of rotatable bonds is 7. The van der Waals surface area contributed by atoms with Crippen LogP contribution < -0.4 is 11.1 Å². The van der Waals surface area contributed by atoms with Gasteiger partial charge >= 0.3 is 5.97 Å². The Morgan fingerprint density at radius 3 is 2.82 bits per heavy atom. The fourth-order valence-corrected chi connectivity index (χ4v) is 3.86. The van der Waals surface area contributed by atoms with Crippen LogP contribution in [-0.2, 0) is 9.47 Å². The first-order valence-corrected chi connectivity index (χ1v) is 11.1. The van der Waals surface area contributed by atoms with E-state index in [0.717, 1.165) is 24.6 Å². The number of hydrogen-bond acceptors (Lipinski definition) is 6. The maximum absolute atomic E-state index is 13.9. The second-order valence-corrected chi connectivity index (χ2v) is 8.21. The van der Waals surface area contributed by atoms with E-state index in [1.54, 1.807) is 36.4 Å². The number of hydrogen-bond donors (Lipinski definition) is 2. The summed E-state index contributed by atoms with van der Waals surface area (Å²) in [6, 6.07) is 13.1. The van der Waals surface area contributed by atoms with Gasteiger partial charge in [0.15, 0.2) is 5.82 Å². The van der Waals surface area contributed by atoms with E-state index in [1.165, 1.54) is 12.3 Å². The van der Waals surface area contributed by atoms with Crippen LogP contribution in [0.4, 0.5) is 10.1 Å². The summed E-state index contributed by atoms with van der Waals surface area (Å²) in [7, 11) is 0. The summed E-state index contributed by atoms with van der Waals surface area (Å²) in [5, 5.41) is 2.56. The van der Waals surface area contributed by atoms with Gasteiger partial charge in [-0.1, -0.05) is 18.2 Å². The van der Waals surface area contributed by atoms with Crippen molar-refractivity contribution < 1.29 is 23.5 Å². The second-order valence-electron chi connectivity index (χ2n) is 8.21. The highest BCUT2D eigenvalue weighted by molar-refractivity contribution is 6.05. The van der Waals surface area contributed by atoms with Crippen LogP contribution in [-0.4, -0.2) is 36.2 Å². The van der Waals surface area contributed by atoms with Gasteiger partial charge < -0.3 is 20.5 Å². The van der Waals surface area contributed by atoms with Gasteiger partial charge in [0.25, 0.3) is 5.91 Å². The summed E-state index contributed by atoms with van der Waals surface area (Å²) >= 11 is 0. The molecule has 1 saturated heterocycles. The lowest BCUT2D eigenvalue weighted by atomic mass is 9.92. The first kappa shape index (κ1) is 23.5. The van der Waals surface area contributed by atoms with Crippen molar-refractivity contribution in [3.63, 3.8) is 0 Å². The van der Waals surface area contributed by atoms with Crippen LogP contribution >= 0.6 is 0 Å². The molecule has 0 radical (unpaired) electrons. The molecule has 3 N–H and O–H groups in total. The van der Waals surface area contributed by atoms with Crippen molar-refractivity contribution in [3.05, 3.63) is 83.4 Å². The molecular weight excluding hydrogens is 437 g/mol. The van der Waals surface area contributed by atoms with Gasteiger partial charge in [-0.15, -0.1) is 0 Å². The number of nitrogens with zero attached hydrogens (tertiary/aromatic N) is 1. The average molecular weight is 464 g/mol. The molecule has 3 aromatic rings. The van der Waals surface area contributed by atoms with E-state index in [1.807, 2.05) is 13.0 Å². The minimum Gasteiger partial charge on any atom is -0.459 e. The van der Waals surface area contributed by atoms with Gasteiger partial charge in [0.05, 0.1) is 23.6 Å². The third-order valence-corrected chi connectivity index (χ3v) is 5.66. The van der Waals surface area contributed by atoms with Crippen molar-refractivity contribution in [2.24, 2.45) is 5.73 Å². The number of nitrogens with one attached hydrogen (secondary N) is 1. The Morgan fingerprint density at radius 2 is 2.09 bits per heavy atom. The molecule has 2 aromatic carbocycles. The van der Waals surface area contributed by atoms with E-state index in [4.69, 9.17) is 15.2 Å². The van der Waals surface area contributed by atoms with Crippen LogP contribution in [0.1, 0.15) is 52.1 Å². The summed E-state index contributed by atoms with van der Waals surface area (Å²) in [5.41, 5.74) is 9.13. The fraction of sp³-hybridized carbons (Fsp3) is 0.269. The quantitative estimate of drug-likeness (QED) is 0.500. The van der Waals surface area contributed by atoms with Crippen LogP contribution in [0.2, 0.25) is 0 Å². The fourth-order valence-electron chi connectivity index (χ4n) is 3.86. The lowest BCUT2D eigenvalue weighted by molar-refractivity contribution is 0.0161. The standard InChI is InChI=1S/C26H26FN3O4/c1-16(28)21-8-7-18(25(31)30-24-9-10-29-14-23(24)27)13-22(21)17-4-2-5-19(12-17)26(32)34-15-20-6-3-11-33-20/h2,4-5,7-10,12-14,16,20H,3,6,11,15,28H2,1H3,(H,29,30,31). The molecule has 1 aromatic heterocycles. The second kappa shape index (κ2) is 10.5. The number of esters is 1. The first-order valence-electron chi connectivity index (χ1n) is 11.1.